The minimum absolute atomic E-state index is 0. The number of carbonyl (C=O) groups excluding carboxylic acids is 2. The van der Waals surface area contributed by atoms with Gasteiger partial charge in [0.05, 0.1) is 12.1 Å². The van der Waals surface area contributed by atoms with E-state index in [1.54, 1.807) is 21.6 Å². The maximum Gasteiger partial charge on any atom is 0.246 e. The van der Waals surface area contributed by atoms with E-state index in [9.17, 15) is 9.59 Å². The molecule has 0 bridgehead atoms. The van der Waals surface area contributed by atoms with Gasteiger partial charge in [0.1, 0.15) is 0 Å². The fraction of sp³-hybridized carbons (Fsp3) is 0.875. The van der Waals surface area contributed by atoms with Crippen molar-refractivity contribution in [2.75, 3.05) is 37.7 Å². The summed E-state index contributed by atoms with van der Waals surface area (Å²) in [4.78, 5) is 26.6. The van der Waals surface area contributed by atoms with Gasteiger partial charge in [-0.3, -0.25) is 14.5 Å². The number of hydrogen-bond acceptors (Lipinski definition) is 9. The van der Waals surface area contributed by atoms with Gasteiger partial charge in [-0.25, -0.2) is 0 Å². The van der Waals surface area contributed by atoms with Gasteiger partial charge in [-0.2, -0.15) is 0 Å². The molecule has 0 saturated carbocycles. The highest BCUT2D eigenvalue weighted by Gasteiger charge is 2.29. The fourth-order valence-electron chi connectivity index (χ4n) is 2.29. The average Bonchev–Trinajstić information content (AvgIpc) is 2.64. The molecule has 0 heterocycles. The lowest BCUT2D eigenvalue weighted by Gasteiger charge is -2.26. The number of amides is 2. The number of nitrogens with two attached hydrogens (primary N) is 5. The van der Waals surface area contributed by atoms with E-state index in [4.69, 9.17) is 28.7 Å². The number of rotatable bonds is 16. The maximum absolute atomic E-state index is 12.7. The van der Waals surface area contributed by atoms with Gasteiger partial charge >= 0.3 is 0 Å². The lowest BCUT2D eigenvalue weighted by Crippen LogP contribution is -2.52. The lowest BCUT2D eigenvalue weighted by atomic mass is 10.1. The van der Waals surface area contributed by atoms with Gasteiger partial charge in [-0.1, -0.05) is 34.4 Å². The predicted molar refractivity (Wildman–Crippen MR) is 127 cm³/mol. The first-order chi connectivity index (χ1) is 12.5. The van der Waals surface area contributed by atoms with Crippen molar-refractivity contribution in [1.29, 1.82) is 0 Å². The van der Waals surface area contributed by atoms with Gasteiger partial charge in [0.25, 0.3) is 0 Å². The Morgan fingerprint density at radius 1 is 0.714 bits per heavy atom. The van der Waals surface area contributed by atoms with E-state index < -0.39 is 12.1 Å². The Labute approximate surface area is 189 Å². The Bertz CT molecular complexity index is 372. The molecule has 0 aliphatic carbocycles. The van der Waals surface area contributed by atoms with Crippen LogP contribution in [-0.4, -0.2) is 66.5 Å². The van der Waals surface area contributed by atoms with Crippen molar-refractivity contribution in [3.63, 3.8) is 0 Å². The Hall–Kier alpha value is 0.220. The Balaban J connectivity index is -0.00000312. The Morgan fingerprint density at radius 2 is 1.14 bits per heavy atom. The summed E-state index contributed by atoms with van der Waals surface area (Å²) >= 11 is 0. The number of unbranched alkanes of at least 4 members (excludes halogenated alkanes) is 2. The molecule has 12 heteroatoms. The molecule has 28 heavy (non-hydrogen) atoms. The second kappa shape index (κ2) is 21.9. The summed E-state index contributed by atoms with van der Waals surface area (Å²) in [6.45, 7) is 2.02. The van der Waals surface area contributed by atoms with Crippen LogP contribution >= 0.6 is 46.4 Å². The summed E-state index contributed by atoms with van der Waals surface area (Å²) in [6, 6.07) is -1.41. The van der Waals surface area contributed by atoms with E-state index in [2.05, 4.69) is 0 Å². The summed E-state index contributed by atoms with van der Waals surface area (Å²) in [5.41, 5.74) is 28.4. The predicted octanol–water partition coefficient (Wildman–Crippen LogP) is 0.438. The second-order valence-corrected chi connectivity index (χ2v) is 8.74. The molecule has 2 atom stereocenters. The molecular formula is C16H38Cl2N6O2S2. The van der Waals surface area contributed by atoms with Gasteiger partial charge < -0.3 is 28.7 Å². The van der Waals surface area contributed by atoms with Gasteiger partial charge in [0.2, 0.25) is 11.8 Å². The molecule has 2 amide bonds. The molecule has 8 nitrogen and oxygen atoms in total. The minimum atomic E-state index is -0.705. The monoisotopic (exact) mass is 480 g/mol. The lowest BCUT2D eigenvalue weighted by molar-refractivity contribution is -0.146. The van der Waals surface area contributed by atoms with Crippen molar-refractivity contribution in [2.45, 2.75) is 50.6 Å². The third-order valence-electron chi connectivity index (χ3n) is 3.79. The molecule has 170 valence electrons. The van der Waals surface area contributed by atoms with E-state index in [-0.39, 0.29) is 36.6 Å². The summed E-state index contributed by atoms with van der Waals surface area (Å²) in [5.74, 6) is 0.730. The Morgan fingerprint density at radius 3 is 1.54 bits per heavy atom. The third-order valence-corrected chi connectivity index (χ3v) is 6.21. The summed E-state index contributed by atoms with van der Waals surface area (Å²) < 4.78 is 0. The average molecular weight is 482 g/mol. The number of hydrogen-bond donors (Lipinski definition) is 5. The number of carbonyl (C=O) groups is 2. The number of halogens is 2. The van der Waals surface area contributed by atoms with E-state index in [1.165, 1.54) is 4.90 Å². The van der Waals surface area contributed by atoms with Crippen LogP contribution in [0.15, 0.2) is 0 Å². The van der Waals surface area contributed by atoms with Crippen LogP contribution in [0.3, 0.4) is 0 Å². The first kappa shape index (κ1) is 32.9. The molecule has 0 rings (SSSR count). The van der Waals surface area contributed by atoms with Crippen LogP contribution in [0.25, 0.3) is 0 Å². The summed E-state index contributed by atoms with van der Waals surface area (Å²) in [7, 11) is 3.20. The zero-order valence-electron chi connectivity index (χ0n) is 16.4. The molecule has 0 aromatic carbocycles. The van der Waals surface area contributed by atoms with Crippen LogP contribution in [0.1, 0.15) is 38.5 Å². The second-order valence-electron chi connectivity index (χ2n) is 6.04. The highest BCUT2D eigenvalue weighted by molar-refractivity contribution is 8.76. The normalized spacial score (nSPS) is 12.5. The molecular weight excluding hydrogens is 443 g/mol. The summed E-state index contributed by atoms with van der Waals surface area (Å²) in [6.07, 6.45) is 4.15. The van der Waals surface area contributed by atoms with Crippen LogP contribution < -0.4 is 28.7 Å². The largest absolute Gasteiger partial charge is 0.330 e. The molecule has 0 radical (unpaired) electrons. The highest BCUT2D eigenvalue weighted by Crippen LogP contribution is 2.20. The molecule has 0 spiro atoms. The fourth-order valence-corrected chi connectivity index (χ4v) is 4.10. The molecule has 0 aromatic rings. The molecule has 0 aliphatic heterocycles. The van der Waals surface area contributed by atoms with Crippen LogP contribution in [0, 0.1) is 0 Å². The molecule has 2 unspecified atom stereocenters. The van der Waals surface area contributed by atoms with E-state index in [1.807, 2.05) is 0 Å². The molecule has 0 fully saturated rings. The number of nitrogens with zero attached hydrogens (tertiary/aromatic N) is 1. The molecule has 0 saturated heterocycles. The van der Waals surface area contributed by atoms with Crippen LogP contribution in [0.2, 0.25) is 0 Å². The SMILES string of the molecule is Cl.Cl.NCCCCC(N)C(=O)N(CCSSCCN)C(=O)C(N)CCCCN. The van der Waals surface area contributed by atoms with Crippen LogP contribution in [0.5, 0.6) is 0 Å². The zero-order valence-corrected chi connectivity index (χ0v) is 19.7. The van der Waals surface area contributed by atoms with E-state index in [0.29, 0.717) is 44.8 Å². The zero-order chi connectivity index (χ0) is 19.8. The van der Waals surface area contributed by atoms with Crippen molar-refractivity contribution in [3.8, 4) is 0 Å². The highest BCUT2D eigenvalue weighted by atomic mass is 35.5. The van der Waals surface area contributed by atoms with Crippen LogP contribution in [-0.2, 0) is 9.59 Å². The van der Waals surface area contributed by atoms with Crippen molar-refractivity contribution in [1.82, 2.24) is 4.90 Å². The standard InChI is InChI=1S/C16H36N6O2S2.2ClH/c17-7-3-1-5-13(20)15(23)22(10-12-26-25-11-9-19)16(24)14(21)6-2-4-8-18;;/h13-14H,1-12,17-21H2;2*1H. The molecule has 10 N–H and O–H groups in total. The third kappa shape index (κ3) is 15.1. The topological polar surface area (TPSA) is 167 Å². The smallest absolute Gasteiger partial charge is 0.246 e. The van der Waals surface area contributed by atoms with Crippen molar-refractivity contribution in [3.05, 3.63) is 0 Å². The first-order valence-corrected chi connectivity index (χ1v) is 11.7. The van der Waals surface area contributed by atoms with E-state index in [0.717, 1.165) is 31.4 Å². The van der Waals surface area contributed by atoms with Gasteiger partial charge in [0.15, 0.2) is 0 Å². The Kier molecular flexibility index (Phi) is 25.7. The van der Waals surface area contributed by atoms with Gasteiger partial charge in [0, 0.05) is 24.6 Å². The van der Waals surface area contributed by atoms with Gasteiger partial charge in [-0.05, 0) is 38.8 Å². The first-order valence-electron chi connectivity index (χ1n) is 9.20. The van der Waals surface area contributed by atoms with E-state index >= 15 is 0 Å². The van der Waals surface area contributed by atoms with Crippen molar-refractivity contribution >= 4 is 58.2 Å². The molecule has 0 aliphatic rings. The van der Waals surface area contributed by atoms with Gasteiger partial charge in [-0.15, -0.1) is 24.8 Å². The van der Waals surface area contributed by atoms with Crippen LogP contribution in [0.4, 0.5) is 0 Å². The minimum Gasteiger partial charge on any atom is -0.330 e. The quantitative estimate of drug-likeness (QED) is 0.155. The summed E-state index contributed by atoms with van der Waals surface area (Å²) in [5, 5.41) is 0. The maximum atomic E-state index is 12.7. The molecule has 0 aromatic heterocycles. The van der Waals surface area contributed by atoms with Crippen molar-refractivity contribution in [2.24, 2.45) is 28.7 Å². The van der Waals surface area contributed by atoms with Crippen molar-refractivity contribution < 1.29 is 9.59 Å². The number of imide groups is 1.